The van der Waals surface area contributed by atoms with Crippen molar-refractivity contribution in [1.82, 2.24) is 9.47 Å². The number of amidine groups is 2. The van der Waals surface area contributed by atoms with E-state index in [9.17, 15) is 0 Å². The van der Waals surface area contributed by atoms with Gasteiger partial charge in [0.2, 0.25) is 23.8 Å². The molecule has 11 nitrogen and oxygen atoms in total. The van der Waals surface area contributed by atoms with Crippen LogP contribution in [0, 0.1) is 6.57 Å². The Morgan fingerprint density at radius 3 is 1.12 bits per heavy atom. The SMILES string of the molecule is [C-]#[N+]c1ccc2c(c1)N(c1c(-c3ccccc3)cc(C(C)(C)C)cc1-c1ccccc1)c1cc(C3=NC4=NC(c5ccccc5)=NC5=NC(n6c7ccccc7c7ccccc76)=NC(=N3)N45)cc3c1B2c1ccc(C(C)(C)C)cc1N3c1c(-c2ccccc2)cc(C(C)(C)C)cc1-c1ccccc1. The van der Waals surface area contributed by atoms with Crippen molar-refractivity contribution in [2.24, 2.45) is 30.0 Å². The minimum atomic E-state index is -0.355. The molecule has 0 bridgehead atoms. The van der Waals surface area contributed by atoms with Crippen LogP contribution in [0.1, 0.15) is 90.1 Å². The number of benzene rings is 12. The molecule has 0 unspecified atom stereocenters. The minimum Gasteiger partial charge on any atom is -0.311 e. The third-order valence-corrected chi connectivity index (χ3v) is 20.7. The van der Waals surface area contributed by atoms with Gasteiger partial charge in [-0.1, -0.05) is 275 Å². The van der Waals surface area contributed by atoms with Gasteiger partial charge in [0.05, 0.1) is 29.0 Å². The number of rotatable bonds is 8. The van der Waals surface area contributed by atoms with E-state index in [1.54, 1.807) is 4.90 Å². The van der Waals surface area contributed by atoms with Crippen LogP contribution >= 0.6 is 0 Å². The molecule has 5 aliphatic rings. The van der Waals surface area contributed by atoms with Crippen LogP contribution in [0.25, 0.3) is 71.2 Å². The highest BCUT2D eigenvalue weighted by molar-refractivity contribution is 7.00. The van der Waals surface area contributed by atoms with Crippen LogP contribution in [-0.2, 0) is 16.2 Å². The number of para-hydroxylation sites is 2. The van der Waals surface area contributed by atoms with E-state index in [2.05, 4.69) is 318 Å². The second kappa shape index (κ2) is 23.8. The molecule has 0 spiro atoms. The highest BCUT2D eigenvalue weighted by Gasteiger charge is 2.47. The molecule has 0 amide bonds. The van der Waals surface area contributed by atoms with Crippen LogP contribution in [-0.4, -0.2) is 51.7 Å². The molecule has 18 rings (SSSR count). The smallest absolute Gasteiger partial charge is 0.251 e. The van der Waals surface area contributed by atoms with E-state index in [0.717, 1.165) is 122 Å². The molecule has 103 heavy (non-hydrogen) atoms. The van der Waals surface area contributed by atoms with Crippen LogP contribution in [0.3, 0.4) is 0 Å². The molecule has 0 atom stereocenters. The predicted octanol–water partition coefficient (Wildman–Crippen LogP) is 20.5. The maximum absolute atomic E-state index is 8.86. The quantitative estimate of drug-likeness (QED) is 0.112. The van der Waals surface area contributed by atoms with Gasteiger partial charge in [0, 0.05) is 66.9 Å². The van der Waals surface area contributed by atoms with Gasteiger partial charge < -0.3 is 9.80 Å². The summed E-state index contributed by atoms with van der Waals surface area (Å²) in [5.74, 6) is 2.24. The molecule has 0 saturated carbocycles. The van der Waals surface area contributed by atoms with Gasteiger partial charge in [-0.25, -0.2) is 9.74 Å². The first kappa shape index (κ1) is 62.7. The fraction of sp³-hybridized carbons (Fsp3) is 0.132. The van der Waals surface area contributed by atoms with Crippen molar-refractivity contribution in [1.29, 1.82) is 0 Å². The van der Waals surface area contributed by atoms with Crippen LogP contribution in [0.4, 0.5) is 39.8 Å². The van der Waals surface area contributed by atoms with E-state index < -0.39 is 0 Å². The second-order valence-corrected chi connectivity index (χ2v) is 30.3. The van der Waals surface area contributed by atoms with E-state index in [-0.39, 0.29) is 23.0 Å². The summed E-state index contributed by atoms with van der Waals surface area (Å²) in [4.78, 5) is 44.0. The molecule has 0 fully saturated rings. The van der Waals surface area contributed by atoms with Crippen molar-refractivity contribution < 1.29 is 0 Å². The van der Waals surface area contributed by atoms with Gasteiger partial charge in [-0.05, 0) is 132 Å². The lowest BCUT2D eigenvalue weighted by molar-refractivity contribution is 0.590. The molecule has 12 aromatic carbocycles. The first-order chi connectivity index (χ1) is 49.9. The largest absolute Gasteiger partial charge is 0.311 e. The summed E-state index contributed by atoms with van der Waals surface area (Å²) >= 11 is 0. The number of nitrogens with zero attached hydrogens (tertiary/aromatic N) is 11. The zero-order chi connectivity index (χ0) is 70.2. The third kappa shape index (κ3) is 10.5. The average molecular weight is 1330 g/mol. The molecule has 1 aromatic heterocycles. The van der Waals surface area contributed by atoms with E-state index in [1.165, 1.54) is 16.7 Å². The highest BCUT2D eigenvalue weighted by Crippen LogP contribution is 2.55. The molecule has 0 radical (unpaired) electrons. The van der Waals surface area contributed by atoms with Gasteiger partial charge in [-0.15, -0.1) is 0 Å². The Bertz CT molecular complexity index is 5760. The number of guanidine groups is 3. The number of aliphatic imine (C=N–C) groups is 6. The molecule has 6 heterocycles. The second-order valence-electron chi connectivity index (χ2n) is 30.3. The summed E-state index contributed by atoms with van der Waals surface area (Å²) in [5, 5.41) is 2.15. The zero-order valence-corrected chi connectivity index (χ0v) is 59.0. The van der Waals surface area contributed by atoms with E-state index in [4.69, 9.17) is 36.5 Å². The van der Waals surface area contributed by atoms with Crippen molar-refractivity contribution in [2.75, 3.05) is 9.80 Å². The van der Waals surface area contributed by atoms with E-state index >= 15 is 0 Å². The predicted molar refractivity (Wildman–Crippen MR) is 431 cm³/mol. The molecule has 13 aromatic rings. The Hall–Kier alpha value is -12.6. The topological polar surface area (TPSA) is 93.2 Å². The Balaban J connectivity index is 1.02. The van der Waals surface area contributed by atoms with E-state index in [1.807, 2.05) is 36.4 Å². The van der Waals surface area contributed by atoms with Gasteiger partial charge in [0.15, 0.2) is 17.4 Å². The lowest BCUT2D eigenvalue weighted by atomic mass is 9.33. The molecule has 0 aliphatic carbocycles. The molecule has 0 saturated heterocycles. The molecule has 0 N–H and O–H groups in total. The normalized spacial score (nSPS) is 14.5. The summed E-state index contributed by atoms with van der Waals surface area (Å²) in [7, 11) is 0. The van der Waals surface area contributed by atoms with Crippen LogP contribution < -0.4 is 26.2 Å². The Morgan fingerprint density at radius 2 is 0.680 bits per heavy atom. The Labute approximate surface area is 601 Å². The van der Waals surface area contributed by atoms with Crippen molar-refractivity contribution in [3.05, 3.63) is 312 Å². The standard InChI is InChI=1S/C91H72BN11/c1-89(2,3)62-44-46-72-76(54-62)100(81-68(56-30-16-11-17-31-56)50-63(90(4,5)6)51-69(81)57-32-18-12-19-33-57)78-48-61(84-96-85-94-83(60-38-24-15-25-39-60)95-86-98-88(99-87(97-84)103(85)86)102-74-42-28-26-40-66(74)67-41-27-29-43-75(67)102)49-79-80(78)92(72)73-47-45-65(93-10)55-77(73)101(79)82-70(58-34-20-13-21-35-58)52-64(91(7,8)9)53-71(82)59-36-22-14-23-37-59/h11-55H,1-9H3. The van der Waals surface area contributed by atoms with E-state index in [0.29, 0.717) is 46.8 Å². The maximum atomic E-state index is 8.86. The minimum absolute atomic E-state index is 0.245. The number of hydrogen-bond donors (Lipinski definition) is 0. The van der Waals surface area contributed by atoms with Crippen molar-refractivity contribution in [3.63, 3.8) is 0 Å². The van der Waals surface area contributed by atoms with Gasteiger partial charge >= 0.3 is 0 Å². The van der Waals surface area contributed by atoms with Crippen LogP contribution in [0.5, 0.6) is 0 Å². The molecular weight excluding hydrogens is 1260 g/mol. The van der Waals surface area contributed by atoms with Crippen molar-refractivity contribution >= 4 is 120 Å². The fourth-order valence-corrected chi connectivity index (χ4v) is 15.5. The summed E-state index contributed by atoms with van der Waals surface area (Å²) < 4.78 is 2.11. The van der Waals surface area contributed by atoms with Gasteiger partial charge in [-0.3, -0.25) is 4.57 Å². The van der Waals surface area contributed by atoms with Gasteiger partial charge in [0.25, 0.3) is 6.71 Å². The molecule has 494 valence electrons. The number of anilines is 6. The lowest BCUT2D eigenvalue weighted by Crippen LogP contribution is -2.61. The molecule has 12 heteroatoms. The first-order valence-corrected chi connectivity index (χ1v) is 35.3. The van der Waals surface area contributed by atoms with Crippen molar-refractivity contribution in [3.8, 4) is 44.5 Å². The fourth-order valence-electron chi connectivity index (χ4n) is 15.5. The number of aromatic nitrogens is 1. The molecular formula is C91H72BN11. The Kier molecular flexibility index (Phi) is 14.5. The number of hydrogen-bond acceptors (Lipinski definition) is 9. The average Bonchev–Trinajstić information content (AvgIpc) is 1.28. The lowest BCUT2D eigenvalue weighted by Gasteiger charge is -2.46. The van der Waals surface area contributed by atoms with Crippen molar-refractivity contribution in [2.45, 2.75) is 78.6 Å². The van der Waals surface area contributed by atoms with Gasteiger partial charge in [-0.2, -0.15) is 30.0 Å². The van der Waals surface area contributed by atoms with Gasteiger partial charge in [0.1, 0.15) is 0 Å². The maximum Gasteiger partial charge on any atom is 0.251 e. The summed E-state index contributed by atoms with van der Waals surface area (Å²) in [6, 6.07) is 98.1. The van der Waals surface area contributed by atoms with Crippen LogP contribution in [0.15, 0.2) is 303 Å². The summed E-state index contributed by atoms with van der Waals surface area (Å²) in [6.45, 7) is 29.2. The monoisotopic (exact) mass is 1330 g/mol. The third-order valence-electron chi connectivity index (χ3n) is 20.7. The number of fused-ring (bicyclic) bond motifs is 7. The highest BCUT2D eigenvalue weighted by atomic mass is 15.5. The Morgan fingerprint density at radius 1 is 0.311 bits per heavy atom. The molecule has 5 aliphatic heterocycles. The zero-order valence-electron chi connectivity index (χ0n) is 59.0. The first-order valence-electron chi connectivity index (χ1n) is 35.3. The summed E-state index contributed by atoms with van der Waals surface area (Å²) in [5.41, 5.74) is 24.3. The van der Waals surface area contributed by atoms with Crippen LogP contribution in [0.2, 0.25) is 0 Å². The summed E-state index contributed by atoms with van der Waals surface area (Å²) in [6.07, 6.45) is 0.